The van der Waals surface area contributed by atoms with Crippen molar-refractivity contribution in [3.63, 3.8) is 0 Å². The van der Waals surface area contributed by atoms with Crippen molar-refractivity contribution in [3.8, 4) is 5.75 Å². The number of methoxy groups -OCH3 is 1. The number of carbonyl (C=O) groups is 1. The van der Waals surface area contributed by atoms with Crippen LogP contribution in [0.4, 0.5) is 5.69 Å². The topological polar surface area (TPSA) is 75.7 Å². The summed E-state index contributed by atoms with van der Waals surface area (Å²) in [7, 11) is -2.15. The molecule has 1 saturated carbocycles. The van der Waals surface area contributed by atoms with Crippen molar-refractivity contribution >= 4 is 21.6 Å². The monoisotopic (exact) mass is 400 g/mol. The van der Waals surface area contributed by atoms with Crippen LogP contribution in [-0.4, -0.2) is 32.9 Å². The zero-order valence-electron chi connectivity index (χ0n) is 16.1. The number of ether oxygens (including phenoxy) is 1. The van der Waals surface area contributed by atoms with Gasteiger partial charge in [0.2, 0.25) is 5.91 Å². The first-order valence-electron chi connectivity index (χ1n) is 9.45. The SMILES string of the molecule is COc1ccc(S(=O)(=O)Nc2ccc3c(c2)CN(C(=O)C2CC2)CC3)cc1C. The number of nitrogens with zero attached hydrogens (tertiary/aromatic N) is 1. The van der Waals surface area contributed by atoms with Crippen LogP contribution < -0.4 is 9.46 Å². The molecule has 2 aromatic rings. The first kappa shape index (κ1) is 18.8. The Hall–Kier alpha value is -2.54. The molecule has 2 aliphatic rings. The van der Waals surface area contributed by atoms with Crippen molar-refractivity contribution in [1.29, 1.82) is 0 Å². The summed E-state index contributed by atoms with van der Waals surface area (Å²) in [6, 6.07) is 10.3. The number of aryl methyl sites for hydroxylation is 1. The van der Waals surface area contributed by atoms with Gasteiger partial charge in [-0.1, -0.05) is 6.07 Å². The number of hydrogen-bond acceptors (Lipinski definition) is 4. The second-order valence-corrected chi connectivity index (χ2v) is 9.19. The van der Waals surface area contributed by atoms with Gasteiger partial charge in [0.25, 0.3) is 10.0 Å². The Kier molecular flexibility index (Phi) is 4.79. The lowest BCUT2D eigenvalue weighted by Gasteiger charge is -2.29. The summed E-state index contributed by atoms with van der Waals surface area (Å²) in [6.07, 6.45) is 2.78. The number of hydrogen-bond donors (Lipinski definition) is 1. The summed E-state index contributed by atoms with van der Waals surface area (Å²) in [5.74, 6) is 1.07. The van der Waals surface area contributed by atoms with Crippen molar-refractivity contribution in [2.75, 3.05) is 18.4 Å². The Morgan fingerprint density at radius 3 is 2.61 bits per heavy atom. The largest absolute Gasteiger partial charge is 0.496 e. The third kappa shape index (κ3) is 3.71. The summed E-state index contributed by atoms with van der Waals surface area (Å²) in [4.78, 5) is 14.4. The minimum Gasteiger partial charge on any atom is -0.496 e. The maximum Gasteiger partial charge on any atom is 0.261 e. The molecule has 148 valence electrons. The highest BCUT2D eigenvalue weighted by atomic mass is 32.2. The number of benzene rings is 2. The van der Waals surface area contributed by atoms with Gasteiger partial charge in [0.15, 0.2) is 0 Å². The second kappa shape index (κ2) is 7.13. The number of amides is 1. The number of sulfonamides is 1. The average Bonchev–Trinajstić information content (AvgIpc) is 3.51. The van der Waals surface area contributed by atoms with Gasteiger partial charge < -0.3 is 9.64 Å². The normalized spacial score (nSPS) is 16.4. The molecule has 0 radical (unpaired) electrons. The van der Waals surface area contributed by atoms with Crippen LogP contribution >= 0.6 is 0 Å². The van der Waals surface area contributed by atoms with Crippen molar-refractivity contribution in [2.24, 2.45) is 5.92 Å². The van der Waals surface area contributed by atoms with Crippen LogP contribution in [0.25, 0.3) is 0 Å². The third-order valence-electron chi connectivity index (χ3n) is 5.39. The molecule has 0 aromatic heterocycles. The number of rotatable bonds is 5. The number of anilines is 1. The minimum atomic E-state index is -3.71. The smallest absolute Gasteiger partial charge is 0.261 e. The molecule has 28 heavy (non-hydrogen) atoms. The molecule has 1 N–H and O–H groups in total. The Morgan fingerprint density at radius 2 is 1.93 bits per heavy atom. The first-order chi connectivity index (χ1) is 13.4. The van der Waals surface area contributed by atoms with E-state index in [1.54, 1.807) is 25.3 Å². The van der Waals surface area contributed by atoms with E-state index in [1.807, 2.05) is 24.0 Å². The molecule has 1 fully saturated rings. The lowest BCUT2D eigenvalue weighted by molar-refractivity contribution is -0.133. The first-order valence-corrected chi connectivity index (χ1v) is 10.9. The van der Waals surface area contributed by atoms with E-state index in [4.69, 9.17) is 4.74 Å². The molecule has 2 aromatic carbocycles. The number of carbonyl (C=O) groups excluding carboxylic acids is 1. The van der Waals surface area contributed by atoms with E-state index in [2.05, 4.69) is 4.72 Å². The molecular weight excluding hydrogens is 376 g/mol. The summed E-state index contributed by atoms with van der Waals surface area (Å²) < 4.78 is 33.4. The Balaban J connectivity index is 1.54. The molecule has 1 aliphatic heterocycles. The molecule has 1 amide bonds. The fraction of sp³-hybridized carbons (Fsp3) is 0.381. The van der Waals surface area contributed by atoms with Gasteiger partial charge in [-0.15, -0.1) is 0 Å². The molecule has 0 spiro atoms. The predicted octanol–water partition coefficient (Wildman–Crippen LogP) is 3.10. The molecule has 1 heterocycles. The Morgan fingerprint density at radius 1 is 1.14 bits per heavy atom. The second-order valence-electron chi connectivity index (χ2n) is 7.50. The van der Waals surface area contributed by atoms with Gasteiger partial charge >= 0.3 is 0 Å². The van der Waals surface area contributed by atoms with Crippen LogP contribution in [0.5, 0.6) is 5.75 Å². The summed E-state index contributed by atoms with van der Waals surface area (Å²) in [5, 5.41) is 0. The molecule has 4 rings (SSSR count). The molecule has 0 atom stereocenters. The van der Waals surface area contributed by atoms with Gasteiger partial charge in [0, 0.05) is 24.7 Å². The molecule has 0 saturated heterocycles. The van der Waals surface area contributed by atoms with Gasteiger partial charge in [0.1, 0.15) is 5.75 Å². The highest BCUT2D eigenvalue weighted by Gasteiger charge is 2.34. The van der Waals surface area contributed by atoms with Gasteiger partial charge in [-0.3, -0.25) is 9.52 Å². The van der Waals surface area contributed by atoms with Gasteiger partial charge in [-0.25, -0.2) is 8.42 Å². The number of nitrogens with one attached hydrogen (secondary N) is 1. The van der Waals surface area contributed by atoms with Crippen LogP contribution in [0, 0.1) is 12.8 Å². The van der Waals surface area contributed by atoms with E-state index in [-0.39, 0.29) is 16.7 Å². The van der Waals surface area contributed by atoms with E-state index in [0.29, 0.717) is 18.0 Å². The van der Waals surface area contributed by atoms with Gasteiger partial charge in [-0.05, 0) is 73.2 Å². The van der Waals surface area contributed by atoms with E-state index in [0.717, 1.165) is 36.9 Å². The molecule has 0 unspecified atom stereocenters. The fourth-order valence-electron chi connectivity index (χ4n) is 3.63. The van der Waals surface area contributed by atoms with Crippen molar-refractivity contribution in [1.82, 2.24) is 4.90 Å². The van der Waals surface area contributed by atoms with Gasteiger partial charge in [-0.2, -0.15) is 0 Å². The van der Waals surface area contributed by atoms with E-state index >= 15 is 0 Å². The molecule has 6 nitrogen and oxygen atoms in total. The highest BCUT2D eigenvalue weighted by Crippen LogP contribution is 2.33. The van der Waals surface area contributed by atoms with Gasteiger partial charge in [0.05, 0.1) is 12.0 Å². The van der Waals surface area contributed by atoms with Crippen molar-refractivity contribution in [2.45, 2.75) is 37.6 Å². The molecular formula is C21H24N2O4S. The highest BCUT2D eigenvalue weighted by molar-refractivity contribution is 7.92. The van der Waals surface area contributed by atoms with Crippen LogP contribution in [0.1, 0.15) is 29.5 Å². The summed E-state index contributed by atoms with van der Waals surface area (Å²) >= 11 is 0. The zero-order valence-corrected chi connectivity index (χ0v) is 16.9. The lowest BCUT2D eigenvalue weighted by atomic mass is 9.99. The van der Waals surface area contributed by atoms with Crippen LogP contribution in [0.3, 0.4) is 0 Å². The average molecular weight is 401 g/mol. The molecule has 0 bridgehead atoms. The Labute approximate surface area is 165 Å². The van der Waals surface area contributed by atoms with E-state index in [1.165, 1.54) is 11.6 Å². The lowest BCUT2D eigenvalue weighted by Crippen LogP contribution is -2.36. The third-order valence-corrected chi connectivity index (χ3v) is 6.76. The van der Waals surface area contributed by atoms with Crippen LogP contribution in [-0.2, 0) is 27.8 Å². The molecule has 1 aliphatic carbocycles. The minimum absolute atomic E-state index is 0.189. The summed E-state index contributed by atoms with van der Waals surface area (Å²) in [5.41, 5.74) is 3.44. The van der Waals surface area contributed by atoms with Crippen molar-refractivity contribution in [3.05, 3.63) is 53.1 Å². The predicted molar refractivity (Wildman–Crippen MR) is 107 cm³/mol. The standard InChI is InChI=1S/C21H24N2O4S/c1-14-11-19(7-8-20(14)27-2)28(25,26)22-18-6-5-15-9-10-23(13-17(15)12-18)21(24)16-3-4-16/h5-8,11-12,16,22H,3-4,9-10,13H2,1-2H3. The van der Waals surface area contributed by atoms with E-state index < -0.39 is 10.0 Å². The van der Waals surface area contributed by atoms with Crippen molar-refractivity contribution < 1.29 is 17.9 Å². The number of fused-ring (bicyclic) bond motifs is 1. The summed E-state index contributed by atoms with van der Waals surface area (Å²) in [6.45, 7) is 3.09. The molecule has 7 heteroatoms. The Bertz CT molecular complexity index is 1030. The maximum atomic E-state index is 12.8. The fourth-order valence-corrected chi connectivity index (χ4v) is 4.76. The quantitative estimate of drug-likeness (QED) is 0.837. The van der Waals surface area contributed by atoms with Crippen LogP contribution in [0.2, 0.25) is 0 Å². The van der Waals surface area contributed by atoms with Crippen LogP contribution in [0.15, 0.2) is 41.3 Å². The maximum absolute atomic E-state index is 12.8. The van der Waals surface area contributed by atoms with E-state index in [9.17, 15) is 13.2 Å². The zero-order chi connectivity index (χ0) is 19.9.